The van der Waals surface area contributed by atoms with E-state index >= 15 is 0 Å². The molecule has 8 aromatic carbocycles. The first-order chi connectivity index (χ1) is 30.2. The van der Waals surface area contributed by atoms with Crippen LogP contribution < -0.4 is 0 Å². The number of aromatic nitrogens is 5. The number of para-hydroxylation sites is 2. The quantitative estimate of drug-likeness (QED) is 0.174. The second-order valence-electron chi connectivity index (χ2n) is 18.3. The highest BCUT2D eigenvalue weighted by molar-refractivity contribution is 6.19. The van der Waals surface area contributed by atoms with E-state index in [1.165, 1.54) is 54.5 Å². The van der Waals surface area contributed by atoms with Crippen LogP contribution in [-0.2, 0) is 10.8 Å². The molecule has 3 aromatic heterocycles. The van der Waals surface area contributed by atoms with Crippen LogP contribution in [0.2, 0.25) is 0 Å². The zero-order chi connectivity index (χ0) is 41.7. The highest BCUT2D eigenvalue weighted by atomic mass is 15.2. The van der Waals surface area contributed by atoms with Crippen molar-refractivity contribution in [3.63, 3.8) is 0 Å². The Morgan fingerprint density at radius 1 is 0.387 bits per heavy atom. The van der Waals surface area contributed by atoms with Gasteiger partial charge in [0.05, 0.1) is 22.1 Å². The van der Waals surface area contributed by atoms with Crippen molar-refractivity contribution in [2.75, 3.05) is 0 Å². The van der Waals surface area contributed by atoms with Crippen molar-refractivity contribution in [2.45, 2.75) is 51.4 Å². The lowest BCUT2D eigenvalue weighted by Crippen LogP contribution is -2.33. The monoisotopic (exact) mass is 799 g/mol. The third-order valence-corrected chi connectivity index (χ3v) is 13.6. The second kappa shape index (κ2) is 13.6. The van der Waals surface area contributed by atoms with Crippen molar-refractivity contribution in [3.05, 3.63) is 187 Å². The van der Waals surface area contributed by atoms with Crippen LogP contribution in [-0.4, -0.2) is 24.1 Å². The van der Waals surface area contributed by atoms with Crippen LogP contribution in [0.3, 0.4) is 0 Å². The van der Waals surface area contributed by atoms with Gasteiger partial charge >= 0.3 is 0 Å². The van der Waals surface area contributed by atoms with E-state index in [4.69, 9.17) is 15.0 Å². The van der Waals surface area contributed by atoms with Gasteiger partial charge in [-0.1, -0.05) is 161 Å². The molecule has 298 valence electrons. The second-order valence-corrected chi connectivity index (χ2v) is 18.3. The van der Waals surface area contributed by atoms with Crippen LogP contribution >= 0.6 is 0 Å². The van der Waals surface area contributed by atoms with Crippen molar-refractivity contribution < 1.29 is 0 Å². The van der Waals surface area contributed by atoms with Crippen molar-refractivity contribution in [2.24, 2.45) is 0 Å². The van der Waals surface area contributed by atoms with Crippen LogP contribution in [0.25, 0.3) is 99.9 Å². The molecule has 0 aliphatic heterocycles. The molecule has 1 aliphatic rings. The minimum Gasteiger partial charge on any atom is -0.309 e. The van der Waals surface area contributed by atoms with E-state index in [0.717, 1.165) is 51.8 Å². The Labute approximate surface area is 361 Å². The van der Waals surface area contributed by atoms with E-state index in [0.29, 0.717) is 17.6 Å². The molecule has 0 N–H and O–H groups in total. The molecule has 0 bridgehead atoms. The number of hydrogen-bond acceptors (Lipinski definition) is 3. The highest BCUT2D eigenvalue weighted by Gasteiger charge is 2.38. The number of benzene rings is 8. The van der Waals surface area contributed by atoms with Gasteiger partial charge in [0, 0.05) is 38.4 Å². The Bertz CT molecular complexity index is 3550. The molecule has 0 amide bonds. The fourth-order valence-corrected chi connectivity index (χ4v) is 10.2. The Hall–Kier alpha value is -7.37. The normalized spacial score (nSPS) is 14.6. The molecule has 0 radical (unpaired) electrons. The summed E-state index contributed by atoms with van der Waals surface area (Å²) in [6.07, 6.45) is 2.27. The fraction of sp³-hybridized carbons (Fsp3) is 0.140. The van der Waals surface area contributed by atoms with Crippen molar-refractivity contribution >= 4 is 54.4 Å². The molecule has 11 aromatic rings. The van der Waals surface area contributed by atoms with Crippen molar-refractivity contribution in [3.8, 4) is 45.5 Å². The van der Waals surface area contributed by atoms with Crippen LogP contribution in [0.1, 0.15) is 51.7 Å². The molecular formula is C57H45N5. The lowest BCUT2D eigenvalue weighted by Gasteiger charge is -2.42. The highest BCUT2D eigenvalue weighted by Crippen LogP contribution is 2.49. The van der Waals surface area contributed by atoms with Crippen LogP contribution in [0.5, 0.6) is 0 Å². The van der Waals surface area contributed by atoms with E-state index in [1.54, 1.807) is 0 Å². The van der Waals surface area contributed by atoms with Crippen LogP contribution in [0.4, 0.5) is 0 Å². The lowest BCUT2D eigenvalue weighted by atomic mass is 9.63. The Kier molecular flexibility index (Phi) is 7.98. The molecule has 3 heterocycles. The van der Waals surface area contributed by atoms with Gasteiger partial charge in [-0.3, -0.25) is 4.57 Å². The molecule has 1 aliphatic carbocycles. The zero-order valence-electron chi connectivity index (χ0n) is 35.4. The van der Waals surface area contributed by atoms with Crippen molar-refractivity contribution in [1.29, 1.82) is 0 Å². The minimum atomic E-state index is 0.0103. The Balaban J connectivity index is 1.16. The molecule has 0 unspecified atom stereocenters. The molecule has 0 atom stereocenters. The predicted octanol–water partition coefficient (Wildman–Crippen LogP) is 14.6. The molecule has 0 saturated carbocycles. The Morgan fingerprint density at radius 3 is 1.66 bits per heavy atom. The van der Waals surface area contributed by atoms with Gasteiger partial charge in [-0.25, -0.2) is 4.98 Å². The van der Waals surface area contributed by atoms with Crippen molar-refractivity contribution in [1.82, 2.24) is 24.1 Å². The molecule has 62 heavy (non-hydrogen) atoms. The summed E-state index contributed by atoms with van der Waals surface area (Å²) in [6, 6.07) is 63.3. The van der Waals surface area contributed by atoms with E-state index in [1.807, 2.05) is 18.2 Å². The number of hydrogen-bond donors (Lipinski definition) is 0. The molecular weight excluding hydrogens is 755 g/mol. The maximum absolute atomic E-state index is 5.44. The van der Waals surface area contributed by atoms with E-state index in [2.05, 4.69) is 195 Å². The number of rotatable bonds is 5. The zero-order valence-corrected chi connectivity index (χ0v) is 35.4. The maximum atomic E-state index is 5.44. The fourth-order valence-electron chi connectivity index (χ4n) is 10.2. The van der Waals surface area contributed by atoms with Gasteiger partial charge in [-0.05, 0) is 99.2 Å². The third kappa shape index (κ3) is 5.65. The van der Waals surface area contributed by atoms with Gasteiger partial charge in [-0.15, -0.1) is 0 Å². The molecule has 5 heteroatoms. The largest absolute Gasteiger partial charge is 0.309 e. The summed E-state index contributed by atoms with van der Waals surface area (Å²) < 4.78 is 4.71. The summed E-state index contributed by atoms with van der Waals surface area (Å²) in [5, 5.41) is 7.32. The summed E-state index contributed by atoms with van der Waals surface area (Å²) >= 11 is 0. The summed E-state index contributed by atoms with van der Waals surface area (Å²) in [4.78, 5) is 16.0. The topological polar surface area (TPSA) is 48.5 Å². The molecule has 5 nitrogen and oxygen atoms in total. The summed E-state index contributed by atoms with van der Waals surface area (Å²) in [5.74, 6) is 1.87. The van der Waals surface area contributed by atoms with E-state index in [9.17, 15) is 0 Å². The summed E-state index contributed by atoms with van der Waals surface area (Å²) in [6.45, 7) is 9.63. The standard InChI is InChI=1S/C57H45N5/c1-56(2)30-31-57(3,4)48-34-50-46(33-47(48)56)45-32-44-43-23-13-14-25-49(43)61(40-20-9-6-10-21-40)51(44)35-52(45)62(50)55-59-53(38-17-7-5-8-18-38)58-54(60-55)39-28-26-37(27-29-39)42-24-15-19-36-16-11-12-22-41(36)42/h5-29,32-35H,30-31H2,1-4H3. The van der Waals surface area contributed by atoms with Gasteiger partial charge in [0.25, 0.3) is 0 Å². The van der Waals surface area contributed by atoms with Gasteiger partial charge < -0.3 is 4.57 Å². The predicted molar refractivity (Wildman–Crippen MR) is 258 cm³/mol. The van der Waals surface area contributed by atoms with E-state index < -0.39 is 0 Å². The SMILES string of the molecule is CC1(C)CCC(C)(C)c2cc3c(cc21)c1cc2c4ccccc4n(-c4ccccc4)c2cc1n3-c1nc(-c2ccccc2)nc(-c2ccc(-c3cccc4ccccc34)cc2)n1. The maximum Gasteiger partial charge on any atom is 0.238 e. The first-order valence-corrected chi connectivity index (χ1v) is 21.7. The van der Waals surface area contributed by atoms with Gasteiger partial charge in [-0.2, -0.15) is 9.97 Å². The first kappa shape index (κ1) is 36.5. The lowest BCUT2D eigenvalue weighted by molar-refractivity contribution is 0.332. The van der Waals surface area contributed by atoms with Crippen LogP contribution in [0, 0.1) is 0 Å². The number of nitrogens with zero attached hydrogens (tertiary/aromatic N) is 5. The smallest absolute Gasteiger partial charge is 0.238 e. The molecule has 0 spiro atoms. The van der Waals surface area contributed by atoms with Gasteiger partial charge in [0.15, 0.2) is 11.6 Å². The summed E-state index contributed by atoms with van der Waals surface area (Å²) in [7, 11) is 0. The third-order valence-electron chi connectivity index (χ3n) is 13.6. The van der Waals surface area contributed by atoms with Gasteiger partial charge in [0.1, 0.15) is 0 Å². The van der Waals surface area contributed by atoms with Crippen LogP contribution in [0.15, 0.2) is 176 Å². The first-order valence-electron chi connectivity index (χ1n) is 21.7. The average Bonchev–Trinajstić information content (AvgIpc) is 3.81. The Morgan fingerprint density at radius 2 is 0.919 bits per heavy atom. The molecule has 12 rings (SSSR count). The van der Waals surface area contributed by atoms with Gasteiger partial charge in [0.2, 0.25) is 5.95 Å². The minimum absolute atomic E-state index is 0.0103. The molecule has 0 fully saturated rings. The summed E-state index contributed by atoms with van der Waals surface area (Å²) in [5.41, 5.74) is 12.7. The molecule has 0 saturated heterocycles. The number of fused-ring (bicyclic) bond motifs is 8. The van der Waals surface area contributed by atoms with E-state index in [-0.39, 0.29) is 10.8 Å². The average molecular weight is 800 g/mol.